The molecule has 10 heteroatoms. The summed E-state index contributed by atoms with van der Waals surface area (Å²) < 4.78 is 50.5. The van der Waals surface area contributed by atoms with Gasteiger partial charge in [0.05, 0.1) is 15.4 Å². The highest BCUT2D eigenvalue weighted by Crippen LogP contribution is 2.23. The Balaban J connectivity index is 1.89. The molecule has 0 unspecified atom stereocenters. The van der Waals surface area contributed by atoms with Gasteiger partial charge in [0.15, 0.2) is 15.8 Å². The number of hydrogen-bond donors (Lipinski definition) is 2. The molecule has 0 bridgehead atoms. The van der Waals surface area contributed by atoms with Crippen LogP contribution in [0.1, 0.15) is 19.4 Å². The number of guanidine groups is 1. The summed E-state index contributed by atoms with van der Waals surface area (Å²) in [6.45, 7) is 6.53. The van der Waals surface area contributed by atoms with E-state index in [1.54, 1.807) is 45.2 Å². The molecule has 1 heterocycles. The summed E-state index contributed by atoms with van der Waals surface area (Å²) in [5, 5.41) is 3.09. The molecule has 0 saturated carbocycles. The van der Waals surface area contributed by atoms with Crippen LogP contribution >= 0.6 is 0 Å². The maximum absolute atomic E-state index is 12.3. The molecule has 8 nitrogen and oxygen atoms in total. The van der Waals surface area contributed by atoms with E-state index in [9.17, 15) is 16.8 Å². The standard InChI is InChI=1S/C17H28N4O4S2/c1-14-5-7-15(8-6-14)27(24,25)20-10-9-19-16(18-4)21-11-12-26(22,23)17(2,3)13-21/h5-8,20H,9-13H2,1-4H3,(H,18,19). The molecule has 1 aliphatic heterocycles. The van der Waals surface area contributed by atoms with E-state index in [1.165, 1.54) is 0 Å². The van der Waals surface area contributed by atoms with Gasteiger partial charge in [-0.05, 0) is 32.9 Å². The van der Waals surface area contributed by atoms with Crippen LogP contribution in [0.15, 0.2) is 34.2 Å². The van der Waals surface area contributed by atoms with Crippen LogP contribution in [0.25, 0.3) is 0 Å². The number of benzene rings is 1. The maximum atomic E-state index is 12.3. The van der Waals surface area contributed by atoms with E-state index in [2.05, 4.69) is 15.0 Å². The number of rotatable bonds is 5. The Morgan fingerprint density at radius 1 is 1.22 bits per heavy atom. The monoisotopic (exact) mass is 416 g/mol. The van der Waals surface area contributed by atoms with E-state index in [0.29, 0.717) is 25.6 Å². The molecular weight excluding hydrogens is 388 g/mol. The number of hydrogen-bond acceptors (Lipinski definition) is 5. The summed E-state index contributed by atoms with van der Waals surface area (Å²) >= 11 is 0. The Morgan fingerprint density at radius 3 is 2.41 bits per heavy atom. The molecule has 0 atom stereocenters. The molecule has 0 aliphatic carbocycles. The Bertz CT molecular complexity index is 891. The summed E-state index contributed by atoms with van der Waals surface area (Å²) in [7, 11) is -5.07. The Kier molecular flexibility index (Phi) is 6.54. The zero-order chi connectivity index (χ0) is 20.3. The highest BCUT2D eigenvalue weighted by molar-refractivity contribution is 7.92. The quantitative estimate of drug-likeness (QED) is 0.408. The van der Waals surface area contributed by atoms with Crippen LogP contribution in [-0.2, 0) is 19.9 Å². The minimum Gasteiger partial charge on any atom is -0.355 e. The molecule has 27 heavy (non-hydrogen) atoms. The van der Waals surface area contributed by atoms with Crippen molar-refractivity contribution in [3.63, 3.8) is 0 Å². The van der Waals surface area contributed by atoms with Crippen molar-refractivity contribution in [2.24, 2.45) is 4.99 Å². The van der Waals surface area contributed by atoms with Crippen molar-refractivity contribution in [2.45, 2.75) is 30.4 Å². The SMILES string of the molecule is CN=C(NCCNS(=O)(=O)c1ccc(C)cc1)N1CCS(=O)(=O)C(C)(C)C1. The van der Waals surface area contributed by atoms with Crippen molar-refractivity contribution in [1.29, 1.82) is 0 Å². The van der Waals surface area contributed by atoms with Gasteiger partial charge in [-0.2, -0.15) is 0 Å². The van der Waals surface area contributed by atoms with Gasteiger partial charge in [-0.3, -0.25) is 4.99 Å². The second-order valence-corrected chi connectivity index (χ2v) is 11.7. The molecule has 2 N–H and O–H groups in total. The van der Waals surface area contributed by atoms with Gasteiger partial charge >= 0.3 is 0 Å². The van der Waals surface area contributed by atoms with E-state index in [-0.39, 0.29) is 17.2 Å². The zero-order valence-electron chi connectivity index (χ0n) is 16.2. The predicted molar refractivity (Wildman–Crippen MR) is 107 cm³/mol. The maximum Gasteiger partial charge on any atom is 0.240 e. The van der Waals surface area contributed by atoms with Gasteiger partial charge in [0.2, 0.25) is 10.0 Å². The molecular formula is C17H28N4O4S2. The summed E-state index contributed by atoms with van der Waals surface area (Å²) in [6, 6.07) is 6.64. The topological polar surface area (TPSA) is 108 Å². The lowest BCUT2D eigenvalue weighted by Gasteiger charge is -2.39. The largest absolute Gasteiger partial charge is 0.355 e. The molecule has 1 aliphatic rings. The Morgan fingerprint density at radius 2 is 1.85 bits per heavy atom. The number of aliphatic imine (C=N–C) groups is 1. The molecule has 1 saturated heterocycles. The lowest BCUT2D eigenvalue weighted by Crippen LogP contribution is -2.57. The van der Waals surface area contributed by atoms with Crippen molar-refractivity contribution in [2.75, 3.05) is 39.0 Å². The third-order valence-corrected chi connectivity index (χ3v) is 8.60. The highest BCUT2D eigenvalue weighted by atomic mass is 32.2. The van der Waals surface area contributed by atoms with Crippen molar-refractivity contribution in [3.05, 3.63) is 29.8 Å². The number of nitrogens with one attached hydrogen (secondary N) is 2. The Hall–Kier alpha value is -1.65. The second kappa shape index (κ2) is 8.15. The lowest BCUT2D eigenvalue weighted by molar-refractivity contribution is 0.353. The van der Waals surface area contributed by atoms with Crippen LogP contribution in [0.5, 0.6) is 0 Å². The first-order valence-electron chi connectivity index (χ1n) is 8.73. The van der Waals surface area contributed by atoms with E-state index in [4.69, 9.17) is 0 Å². The summed E-state index contributed by atoms with van der Waals surface area (Å²) in [5.41, 5.74) is 0.992. The van der Waals surface area contributed by atoms with Gasteiger partial charge in [0.25, 0.3) is 0 Å². The van der Waals surface area contributed by atoms with Gasteiger partial charge in [0.1, 0.15) is 0 Å². The first-order valence-corrected chi connectivity index (χ1v) is 11.9. The lowest BCUT2D eigenvalue weighted by atomic mass is 10.2. The van der Waals surface area contributed by atoms with E-state index in [1.807, 2.05) is 11.8 Å². The van der Waals surface area contributed by atoms with Gasteiger partial charge in [-0.25, -0.2) is 21.6 Å². The number of nitrogens with zero attached hydrogens (tertiary/aromatic N) is 2. The molecule has 0 radical (unpaired) electrons. The molecule has 152 valence electrons. The Labute approximate surface area is 162 Å². The minimum atomic E-state index is -3.56. The van der Waals surface area contributed by atoms with Crippen molar-refractivity contribution < 1.29 is 16.8 Å². The van der Waals surface area contributed by atoms with Crippen LogP contribution in [0, 0.1) is 6.92 Å². The summed E-state index contributed by atoms with van der Waals surface area (Å²) in [4.78, 5) is 6.29. The molecule has 2 rings (SSSR count). The third kappa shape index (κ3) is 5.20. The van der Waals surface area contributed by atoms with Crippen LogP contribution in [-0.4, -0.2) is 71.4 Å². The smallest absolute Gasteiger partial charge is 0.240 e. The number of sulfonamides is 1. The zero-order valence-corrected chi connectivity index (χ0v) is 17.8. The van der Waals surface area contributed by atoms with E-state index < -0.39 is 24.6 Å². The highest BCUT2D eigenvalue weighted by Gasteiger charge is 2.40. The second-order valence-electron chi connectivity index (χ2n) is 7.18. The van der Waals surface area contributed by atoms with Crippen molar-refractivity contribution in [1.82, 2.24) is 14.9 Å². The molecule has 0 amide bonds. The number of aryl methyl sites for hydroxylation is 1. The fourth-order valence-corrected chi connectivity index (χ4v) is 5.21. The third-order valence-electron chi connectivity index (χ3n) is 4.59. The average Bonchev–Trinajstić information content (AvgIpc) is 2.58. The molecule has 0 spiro atoms. The normalized spacial score (nSPS) is 19.7. The fourth-order valence-electron chi connectivity index (χ4n) is 2.82. The molecule has 0 aromatic heterocycles. The van der Waals surface area contributed by atoms with Gasteiger partial charge in [-0.1, -0.05) is 17.7 Å². The van der Waals surface area contributed by atoms with Crippen molar-refractivity contribution >= 4 is 25.8 Å². The van der Waals surface area contributed by atoms with Crippen LogP contribution in [0.4, 0.5) is 0 Å². The summed E-state index contributed by atoms with van der Waals surface area (Å²) in [5.74, 6) is 0.633. The first-order chi connectivity index (χ1) is 12.5. The van der Waals surface area contributed by atoms with Crippen molar-refractivity contribution in [3.8, 4) is 0 Å². The van der Waals surface area contributed by atoms with Crippen LogP contribution < -0.4 is 10.0 Å². The number of sulfone groups is 1. The first kappa shape index (κ1) is 21.6. The van der Waals surface area contributed by atoms with E-state index in [0.717, 1.165) is 5.56 Å². The molecule has 1 fully saturated rings. The molecule has 1 aromatic rings. The predicted octanol–water partition coefficient (Wildman–Crippen LogP) is 0.358. The van der Waals surface area contributed by atoms with Gasteiger partial charge in [0, 0.05) is 33.2 Å². The van der Waals surface area contributed by atoms with E-state index >= 15 is 0 Å². The van der Waals surface area contributed by atoms with Crippen LogP contribution in [0.3, 0.4) is 0 Å². The van der Waals surface area contributed by atoms with Gasteiger partial charge < -0.3 is 10.2 Å². The molecule has 1 aromatic carbocycles. The van der Waals surface area contributed by atoms with Gasteiger partial charge in [-0.15, -0.1) is 0 Å². The average molecular weight is 417 g/mol. The summed E-state index contributed by atoms with van der Waals surface area (Å²) in [6.07, 6.45) is 0. The minimum absolute atomic E-state index is 0.0702. The van der Waals surface area contributed by atoms with Crippen LogP contribution in [0.2, 0.25) is 0 Å². The fraction of sp³-hybridized carbons (Fsp3) is 0.588.